The molecule has 0 aliphatic heterocycles. The van der Waals surface area contributed by atoms with E-state index in [2.05, 4.69) is 0 Å². The van der Waals surface area contributed by atoms with Gasteiger partial charge in [-0.15, -0.1) is 0 Å². The molecule has 238 valence electrons. The van der Waals surface area contributed by atoms with Gasteiger partial charge in [0, 0.05) is 0 Å². The molecule has 0 amide bonds. The van der Waals surface area contributed by atoms with Gasteiger partial charge in [0.2, 0.25) is 0 Å². The molecule has 2 N–H and O–H groups in total. The first kappa shape index (κ1) is 36.5. The van der Waals surface area contributed by atoms with E-state index in [1.165, 1.54) is 12.1 Å². The predicted octanol–water partition coefficient (Wildman–Crippen LogP) is 5.81. The van der Waals surface area contributed by atoms with Crippen LogP contribution in [0.1, 0.15) is 74.8 Å². The molecule has 0 aromatic heterocycles. The van der Waals surface area contributed by atoms with Crippen LogP contribution in [0.5, 0.6) is 11.5 Å². The van der Waals surface area contributed by atoms with Crippen LogP contribution in [-0.4, -0.2) is 62.5 Å². The van der Waals surface area contributed by atoms with E-state index in [1.807, 2.05) is 55.4 Å². The average Bonchev–Trinajstić information content (AvgIpc) is 2.85. The second-order valence-electron chi connectivity index (χ2n) is 12.9. The van der Waals surface area contributed by atoms with Crippen molar-refractivity contribution in [2.24, 2.45) is 22.5 Å². The molecule has 0 fully saturated rings. The first-order chi connectivity index (χ1) is 19.3. The number of carbonyl (C=O) groups excluding carboxylic acids is 4. The lowest BCUT2D eigenvalue weighted by atomic mass is 9.99. The van der Waals surface area contributed by atoms with Crippen LogP contribution >= 0.6 is 0 Å². The summed E-state index contributed by atoms with van der Waals surface area (Å²) in [7, 11) is 0. The highest BCUT2D eigenvalue weighted by molar-refractivity contribution is 5.76. The Bertz CT molecular complexity index is 1060. The Morgan fingerprint density at radius 2 is 1.21 bits per heavy atom. The highest BCUT2D eigenvalue weighted by Gasteiger charge is 2.26. The highest BCUT2D eigenvalue weighted by Crippen LogP contribution is 2.30. The normalized spacial score (nSPS) is 13.8. The summed E-state index contributed by atoms with van der Waals surface area (Å²) < 4.78 is 36.4. The smallest absolute Gasteiger partial charge is 0.458 e. The summed E-state index contributed by atoms with van der Waals surface area (Å²) in [6, 6.07) is 3.22. The van der Waals surface area contributed by atoms with E-state index in [0.29, 0.717) is 5.56 Å². The number of esters is 1. The van der Waals surface area contributed by atoms with E-state index in [0.717, 1.165) is 0 Å². The third-order valence-corrected chi connectivity index (χ3v) is 5.18. The van der Waals surface area contributed by atoms with Gasteiger partial charge in [-0.3, -0.25) is 4.79 Å². The van der Waals surface area contributed by atoms with Crippen molar-refractivity contribution in [2.75, 3.05) is 19.8 Å². The summed E-state index contributed by atoms with van der Waals surface area (Å²) in [5.41, 5.74) is 5.96. The molecule has 0 saturated heterocycles. The van der Waals surface area contributed by atoms with Gasteiger partial charge in [-0.1, -0.05) is 61.5 Å². The maximum atomic E-state index is 12.7. The molecule has 3 atom stereocenters. The van der Waals surface area contributed by atoms with Crippen LogP contribution in [0.2, 0.25) is 0 Å². The number of ether oxygens (including phenoxy) is 7. The fraction of sp³-hybridized carbons (Fsp3) is 0.667. The first-order valence-corrected chi connectivity index (χ1v) is 13.9. The van der Waals surface area contributed by atoms with Gasteiger partial charge in [-0.25, -0.2) is 14.4 Å². The van der Waals surface area contributed by atoms with Crippen molar-refractivity contribution in [3.63, 3.8) is 0 Å². The van der Waals surface area contributed by atoms with E-state index < -0.39 is 42.7 Å². The molecular weight excluding hydrogens is 550 g/mol. The lowest BCUT2D eigenvalue weighted by molar-refractivity contribution is -0.155. The van der Waals surface area contributed by atoms with Gasteiger partial charge < -0.3 is 38.9 Å². The molecule has 0 spiro atoms. The molecule has 1 rings (SSSR count). The lowest BCUT2D eigenvalue weighted by Crippen LogP contribution is -2.39. The summed E-state index contributed by atoms with van der Waals surface area (Å²) >= 11 is 0. The summed E-state index contributed by atoms with van der Waals surface area (Å²) in [5.74, 6) is -0.823. The number of benzene rings is 1. The molecule has 1 aromatic carbocycles. The summed E-state index contributed by atoms with van der Waals surface area (Å²) in [5, 5.41) is 0. The van der Waals surface area contributed by atoms with E-state index in [9.17, 15) is 19.2 Å². The zero-order valence-electron chi connectivity index (χ0n) is 26.4. The van der Waals surface area contributed by atoms with E-state index in [4.69, 9.17) is 38.9 Å². The van der Waals surface area contributed by atoms with Gasteiger partial charge in [-0.05, 0) is 54.7 Å². The van der Waals surface area contributed by atoms with Crippen molar-refractivity contribution in [1.29, 1.82) is 0 Å². The molecule has 42 heavy (non-hydrogen) atoms. The first-order valence-electron chi connectivity index (χ1n) is 13.9. The minimum atomic E-state index is -1.11. The lowest BCUT2D eigenvalue weighted by Gasteiger charge is -2.22. The Hall–Kier alpha value is -3.54. The Morgan fingerprint density at radius 1 is 0.714 bits per heavy atom. The van der Waals surface area contributed by atoms with Crippen LogP contribution in [0, 0.1) is 16.7 Å². The number of nitrogens with two attached hydrogens (primary N) is 1. The molecule has 0 aliphatic rings. The number of rotatable bonds is 12. The van der Waals surface area contributed by atoms with Gasteiger partial charge in [0.05, 0.1) is 19.8 Å². The van der Waals surface area contributed by atoms with E-state index in [1.54, 1.807) is 19.9 Å². The Kier molecular flexibility index (Phi) is 14.1. The molecule has 0 unspecified atom stereocenters. The van der Waals surface area contributed by atoms with Gasteiger partial charge >= 0.3 is 24.4 Å². The SMILES string of the molecule is CC(C)COC(=O)O[C@@H](C)[C@H](C)OC(=O)[C@@H](N)Cc1ccc(OC(=O)OCC(C)(C)C)c(OC(=O)OCC(C)(C)C)c1. The van der Waals surface area contributed by atoms with Crippen LogP contribution in [-0.2, 0) is 34.9 Å². The predicted molar refractivity (Wildman–Crippen MR) is 153 cm³/mol. The van der Waals surface area contributed by atoms with Crippen molar-refractivity contribution >= 4 is 24.4 Å². The van der Waals surface area contributed by atoms with Crippen LogP contribution in [0.15, 0.2) is 18.2 Å². The molecule has 0 saturated carbocycles. The van der Waals surface area contributed by atoms with Crippen LogP contribution in [0.25, 0.3) is 0 Å². The third-order valence-electron chi connectivity index (χ3n) is 5.18. The Balaban J connectivity index is 2.94. The van der Waals surface area contributed by atoms with Crippen LogP contribution in [0.3, 0.4) is 0 Å². The summed E-state index contributed by atoms with van der Waals surface area (Å²) in [4.78, 5) is 49.1. The second kappa shape index (κ2) is 16.2. The summed E-state index contributed by atoms with van der Waals surface area (Å²) in [6.45, 7) is 18.6. The van der Waals surface area contributed by atoms with Crippen LogP contribution in [0.4, 0.5) is 14.4 Å². The quantitative estimate of drug-likeness (QED) is 0.175. The van der Waals surface area contributed by atoms with Crippen molar-refractivity contribution < 1.29 is 52.3 Å². The monoisotopic (exact) mass is 597 g/mol. The molecule has 1 aromatic rings. The van der Waals surface area contributed by atoms with Crippen molar-refractivity contribution in [1.82, 2.24) is 0 Å². The fourth-order valence-electron chi connectivity index (χ4n) is 2.85. The molecule has 0 radical (unpaired) electrons. The average molecular weight is 598 g/mol. The van der Waals surface area contributed by atoms with Gasteiger partial charge in [0.25, 0.3) is 0 Å². The summed E-state index contributed by atoms with van der Waals surface area (Å²) in [6.07, 6.45) is -4.45. The van der Waals surface area contributed by atoms with Crippen molar-refractivity contribution in [3.8, 4) is 11.5 Å². The Morgan fingerprint density at radius 3 is 1.71 bits per heavy atom. The molecule has 0 bridgehead atoms. The minimum absolute atomic E-state index is 0.0145. The minimum Gasteiger partial charge on any atom is -0.458 e. The van der Waals surface area contributed by atoms with Gasteiger partial charge in [-0.2, -0.15) is 0 Å². The maximum absolute atomic E-state index is 12.7. The van der Waals surface area contributed by atoms with Gasteiger partial charge in [0.15, 0.2) is 11.5 Å². The van der Waals surface area contributed by atoms with Crippen molar-refractivity contribution in [2.45, 2.75) is 93.9 Å². The number of hydrogen-bond acceptors (Lipinski definition) is 12. The second-order valence-corrected chi connectivity index (χ2v) is 12.9. The Labute approximate surface area is 248 Å². The van der Waals surface area contributed by atoms with E-state index >= 15 is 0 Å². The largest absolute Gasteiger partial charge is 0.513 e. The highest BCUT2D eigenvalue weighted by atomic mass is 16.7. The topological polar surface area (TPSA) is 159 Å². The number of hydrogen-bond donors (Lipinski definition) is 1. The van der Waals surface area contributed by atoms with Crippen LogP contribution < -0.4 is 15.2 Å². The molecular formula is C30H47NO11. The molecule has 12 heteroatoms. The third kappa shape index (κ3) is 15.5. The molecule has 12 nitrogen and oxygen atoms in total. The maximum Gasteiger partial charge on any atom is 0.513 e. The zero-order chi connectivity index (χ0) is 32.3. The zero-order valence-corrected chi connectivity index (χ0v) is 26.4. The fourth-order valence-corrected chi connectivity index (χ4v) is 2.85. The molecule has 0 heterocycles. The van der Waals surface area contributed by atoms with Crippen molar-refractivity contribution in [3.05, 3.63) is 23.8 Å². The molecule has 0 aliphatic carbocycles. The van der Waals surface area contributed by atoms with Gasteiger partial charge in [0.1, 0.15) is 18.2 Å². The standard InChI is InChI=1S/C30H47NO11/c1-18(2)15-36-26(33)40-20(4)19(3)39-25(32)22(31)13-21-11-12-23(41-27(34)37-16-29(5,6)7)24(14-21)42-28(35)38-17-30(8,9)10/h11-12,14,18-20,22H,13,15-17,31H2,1-10H3/t19-,20-,22-/m0/s1. The number of carbonyl (C=O) groups is 4. The van der Waals surface area contributed by atoms with E-state index in [-0.39, 0.29) is 54.5 Å².